The quantitative estimate of drug-likeness (QED) is 0.730. The number of ether oxygens (including phenoxy) is 1. The Morgan fingerprint density at radius 2 is 2.42 bits per heavy atom. The first-order valence-electron chi connectivity index (χ1n) is 6.64. The molecule has 0 radical (unpaired) electrons. The van der Waals surface area contributed by atoms with E-state index in [9.17, 15) is 5.11 Å². The predicted octanol–water partition coefficient (Wildman–Crippen LogP) is 0.674. The van der Waals surface area contributed by atoms with E-state index in [2.05, 4.69) is 15.6 Å². The zero-order valence-corrected chi connectivity index (χ0v) is 11.2. The van der Waals surface area contributed by atoms with Gasteiger partial charge in [-0.25, -0.2) is 0 Å². The van der Waals surface area contributed by atoms with Crippen molar-refractivity contribution < 1.29 is 9.84 Å². The third kappa shape index (κ3) is 4.79. The van der Waals surface area contributed by atoms with Crippen molar-refractivity contribution in [2.75, 3.05) is 26.2 Å². The Bertz CT molecular complexity index is 434. The molecule has 0 bridgehead atoms. The number of hydrogen-bond donors (Lipinski definition) is 3. The van der Waals surface area contributed by atoms with Gasteiger partial charge in [-0.2, -0.15) is 0 Å². The number of nitrogens with one attached hydrogen (secondary N) is 2. The van der Waals surface area contributed by atoms with Crippen molar-refractivity contribution in [2.24, 2.45) is 4.99 Å². The fourth-order valence-corrected chi connectivity index (χ4v) is 1.82. The molecule has 0 saturated heterocycles. The van der Waals surface area contributed by atoms with Crippen molar-refractivity contribution in [3.8, 4) is 5.75 Å². The van der Waals surface area contributed by atoms with E-state index < -0.39 is 6.10 Å². The van der Waals surface area contributed by atoms with E-state index in [-0.39, 0.29) is 6.61 Å². The number of guanidine groups is 1. The van der Waals surface area contributed by atoms with Crippen LogP contribution in [-0.4, -0.2) is 43.4 Å². The number of aliphatic hydroxyl groups is 1. The van der Waals surface area contributed by atoms with Crippen LogP contribution in [-0.2, 0) is 0 Å². The minimum Gasteiger partial charge on any atom is -0.491 e. The zero-order valence-electron chi connectivity index (χ0n) is 11.2. The van der Waals surface area contributed by atoms with Crippen LogP contribution in [0.15, 0.2) is 29.3 Å². The number of aliphatic imine (C=N–C) groups is 1. The maximum atomic E-state index is 9.84. The Kier molecular flexibility index (Phi) is 5.03. The molecule has 0 fully saturated rings. The highest BCUT2D eigenvalue weighted by Gasteiger charge is 2.08. The summed E-state index contributed by atoms with van der Waals surface area (Å²) in [4.78, 5) is 4.27. The number of aryl methyl sites for hydroxylation is 1. The van der Waals surface area contributed by atoms with Gasteiger partial charge in [0.2, 0.25) is 0 Å². The Hall–Kier alpha value is -1.75. The van der Waals surface area contributed by atoms with E-state index in [0.29, 0.717) is 6.54 Å². The molecule has 0 amide bonds. The summed E-state index contributed by atoms with van der Waals surface area (Å²) >= 11 is 0. The van der Waals surface area contributed by atoms with E-state index in [1.807, 2.05) is 31.2 Å². The Morgan fingerprint density at radius 1 is 1.53 bits per heavy atom. The van der Waals surface area contributed by atoms with E-state index in [4.69, 9.17) is 4.74 Å². The van der Waals surface area contributed by atoms with E-state index in [0.717, 1.165) is 36.8 Å². The van der Waals surface area contributed by atoms with E-state index in [1.165, 1.54) is 0 Å². The van der Waals surface area contributed by atoms with Gasteiger partial charge in [0.05, 0.1) is 0 Å². The molecule has 3 N–H and O–H groups in total. The molecule has 0 aliphatic carbocycles. The van der Waals surface area contributed by atoms with Crippen LogP contribution in [0.4, 0.5) is 0 Å². The van der Waals surface area contributed by atoms with Gasteiger partial charge in [0.25, 0.3) is 0 Å². The van der Waals surface area contributed by atoms with Crippen LogP contribution in [0.2, 0.25) is 0 Å². The first-order valence-corrected chi connectivity index (χ1v) is 6.64. The molecular weight excluding hydrogens is 242 g/mol. The summed E-state index contributed by atoms with van der Waals surface area (Å²) in [5.41, 5.74) is 1.14. The van der Waals surface area contributed by atoms with Crippen molar-refractivity contribution in [3.63, 3.8) is 0 Å². The SMILES string of the molecule is Cc1cccc(OCC(O)CNC2=NCCCN2)c1. The van der Waals surface area contributed by atoms with Crippen molar-refractivity contribution in [2.45, 2.75) is 19.4 Å². The van der Waals surface area contributed by atoms with Gasteiger partial charge < -0.3 is 20.5 Å². The van der Waals surface area contributed by atoms with E-state index >= 15 is 0 Å². The third-order valence-corrected chi connectivity index (χ3v) is 2.83. The molecule has 1 aromatic carbocycles. The second kappa shape index (κ2) is 6.99. The average Bonchev–Trinajstić information content (AvgIpc) is 2.44. The molecule has 5 nitrogen and oxygen atoms in total. The highest BCUT2D eigenvalue weighted by atomic mass is 16.5. The lowest BCUT2D eigenvalue weighted by Gasteiger charge is -2.18. The van der Waals surface area contributed by atoms with Gasteiger partial charge in [-0.1, -0.05) is 12.1 Å². The van der Waals surface area contributed by atoms with Gasteiger partial charge in [-0.3, -0.25) is 4.99 Å². The number of hydrogen-bond acceptors (Lipinski definition) is 5. The van der Waals surface area contributed by atoms with Crippen molar-refractivity contribution in [3.05, 3.63) is 29.8 Å². The minimum atomic E-state index is -0.563. The average molecular weight is 263 g/mol. The van der Waals surface area contributed by atoms with Crippen LogP contribution in [0.1, 0.15) is 12.0 Å². The standard InChI is InChI=1S/C14H21N3O2/c1-11-4-2-5-13(8-11)19-10-12(18)9-17-14-15-6-3-7-16-14/h2,4-5,8,12,18H,3,6-7,9-10H2,1H3,(H2,15,16,17). The molecule has 1 atom stereocenters. The van der Waals surface area contributed by atoms with Gasteiger partial charge in [-0.15, -0.1) is 0 Å². The van der Waals surface area contributed by atoms with Gasteiger partial charge >= 0.3 is 0 Å². The third-order valence-electron chi connectivity index (χ3n) is 2.83. The predicted molar refractivity (Wildman–Crippen MR) is 75.6 cm³/mol. The first kappa shape index (κ1) is 13.7. The lowest BCUT2D eigenvalue weighted by atomic mass is 10.2. The first-order chi connectivity index (χ1) is 9.24. The Labute approximate surface area is 113 Å². The summed E-state index contributed by atoms with van der Waals surface area (Å²) in [7, 11) is 0. The molecular formula is C14H21N3O2. The molecule has 0 aromatic heterocycles. The second-order valence-corrected chi connectivity index (χ2v) is 4.67. The summed E-state index contributed by atoms with van der Waals surface area (Å²) in [5.74, 6) is 1.55. The summed E-state index contributed by atoms with van der Waals surface area (Å²) in [6, 6.07) is 7.79. The lowest BCUT2D eigenvalue weighted by molar-refractivity contribution is 0.110. The fraction of sp³-hybridized carbons (Fsp3) is 0.500. The zero-order chi connectivity index (χ0) is 13.5. The molecule has 19 heavy (non-hydrogen) atoms. The molecule has 1 heterocycles. The maximum Gasteiger partial charge on any atom is 0.191 e. The smallest absolute Gasteiger partial charge is 0.191 e. The topological polar surface area (TPSA) is 65.9 Å². The van der Waals surface area contributed by atoms with Gasteiger partial charge in [0, 0.05) is 19.6 Å². The summed E-state index contributed by atoms with van der Waals surface area (Å²) < 4.78 is 5.54. The lowest BCUT2D eigenvalue weighted by Crippen LogP contribution is -2.44. The molecule has 104 valence electrons. The van der Waals surface area contributed by atoms with Crippen molar-refractivity contribution in [1.29, 1.82) is 0 Å². The van der Waals surface area contributed by atoms with Crippen LogP contribution in [0, 0.1) is 6.92 Å². The summed E-state index contributed by atoms with van der Waals surface area (Å²) in [5, 5.41) is 16.1. The largest absolute Gasteiger partial charge is 0.491 e. The molecule has 0 saturated carbocycles. The van der Waals surface area contributed by atoms with Crippen molar-refractivity contribution in [1.82, 2.24) is 10.6 Å². The maximum absolute atomic E-state index is 9.84. The molecule has 1 aliphatic heterocycles. The van der Waals surface area contributed by atoms with Gasteiger partial charge in [-0.05, 0) is 31.0 Å². The van der Waals surface area contributed by atoms with Crippen molar-refractivity contribution >= 4 is 5.96 Å². The number of aliphatic hydroxyl groups excluding tert-OH is 1. The van der Waals surface area contributed by atoms with Crippen LogP contribution in [0.5, 0.6) is 5.75 Å². The Morgan fingerprint density at radius 3 is 3.16 bits per heavy atom. The number of benzene rings is 1. The minimum absolute atomic E-state index is 0.268. The summed E-state index contributed by atoms with van der Waals surface area (Å²) in [6.07, 6.45) is 0.497. The summed E-state index contributed by atoms with van der Waals surface area (Å²) in [6.45, 7) is 4.48. The molecule has 0 spiro atoms. The monoisotopic (exact) mass is 263 g/mol. The molecule has 2 rings (SSSR count). The number of rotatable bonds is 5. The van der Waals surface area contributed by atoms with E-state index in [1.54, 1.807) is 0 Å². The molecule has 1 unspecified atom stereocenters. The van der Waals surface area contributed by atoms with Crippen LogP contribution in [0.3, 0.4) is 0 Å². The molecule has 1 aliphatic rings. The second-order valence-electron chi connectivity index (χ2n) is 4.67. The van der Waals surface area contributed by atoms with Crippen LogP contribution in [0.25, 0.3) is 0 Å². The highest BCUT2D eigenvalue weighted by molar-refractivity contribution is 5.80. The number of nitrogens with zero attached hydrogens (tertiary/aromatic N) is 1. The fourth-order valence-electron chi connectivity index (χ4n) is 1.82. The van der Waals surface area contributed by atoms with Gasteiger partial charge in [0.1, 0.15) is 18.5 Å². The van der Waals surface area contributed by atoms with Crippen LogP contribution >= 0.6 is 0 Å². The van der Waals surface area contributed by atoms with Crippen LogP contribution < -0.4 is 15.4 Å². The highest BCUT2D eigenvalue weighted by Crippen LogP contribution is 2.12. The molecule has 5 heteroatoms. The molecule has 1 aromatic rings. The van der Waals surface area contributed by atoms with Gasteiger partial charge in [0.15, 0.2) is 5.96 Å². The normalized spacial score (nSPS) is 16.2. The Balaban J connectivity index is 1.69.